The maximum Gasteiger partial charge on any atom is 0.213 e. The molecule has 0 aliphatic rings. The molecule has 2 heterocycles. The van der Waals surface area contributed by atoms with Gasteiger partial charge in [0.1, 0.15) is 17.7 Å². The zero-order chi connectivity index (χ0) is 16.1. The van der Waals surface area contributed by atoms with Crippen molar-refractivity contribution in [2.45, 2.75) is 19.9 Å². The van der Waals surface area contributed by atoms with Crippen molar-refractivity contribution in [3.8, 4) is 17.1 Å². The van der Waals surface area contributed by atoms with Gasteiger partial charge in [0, 0.05) is 24.8 Å². The number of ether oxygens (including phenoxy) is 2. The molecule has 2 rings (SSSR count). The molecular weight excluding hydrogens is 282 g/mol. The Bertz CT molecular complexity index is 648. The van der Waals surface area contributed by atoms with Crippen LogP contribution in [0.2, 0.25) is 0 Å². The van der Waals surface area contributed by atoms with Gasteiger partial charge in [-0.3, -0.25) is 0 Å². The van der Waals surface area contributed by atoms with Crippen molar-refractivity contribution >= 4 is 11.5 Å². The Kier molecular flexibility index (Phi) is 5.11. The second-order valence-corrected chi connectivity index (χ2v) is 4.97. The van der Waals surface area contributed by atoms with Crippen molar-refractivity contribution in [3.05, 3.63) is 24.2 Å². The number of hydrogen-bond acceptors (Lipinski definition) is 7. The van der Waals surface area contributed by atoms with Crippen LogP contribution in [0, 0.1) is 6.92 Å². The maximum atomic E-state index is 6.21. The zero-order valence-electron chi connectivity index (χ0n) is 13.3. The number of rotatable bonds is 6. The number of anilines is 2. The Morgan fingerprint density at radius 2 is 2.05 bits per heavy atom. The lowest BCUT2D eigenvalue weighted by Crippen LogP contribution is -2.22. The van der Waals surface area contributed by atoms with Crippen LogP contribution in [0.15, 0.2) is 18.5 Å². The summed E-state index contributed by atoms with van der Waals surface area (Å²) in [5, 5.41) is 3.22. The second-order valence-electron chi connectivity index (χ2n) is 4.97. The normalized spacial score (nSPS) is 12.0. The molecule has 0 saturated heterocycles. The number of nitrogen functional groups attached to an aromatic ring is 1. The summed E-state index contributed by atoms with van der Waals surface area (Å²) in [7, 11) is 3.24. The van der Waals surface area contributed by atoms with Gasteiger partial charge in [-0.15, -0.1) is 0 Å². The molecule has 1 unspecified atom stereocenters. The van der Waals surface area contributed by atoms with E-state index in [-0.39, 0.29) is 6.04 Å². The van der Waals surface area contributed by atoms with Gasteiger partial charge in [0.15, 0.2) is 5.82 Å². The van der Waals surface area contributed by atoms with E-state index in [0.717, 1.165) is 11.3 Å². The number of aryl methyl sites for hydroxylation is 1. The number of hydrogen-bond donors (Lipinski definition) is 2. The van der Waals surface area contributed by atoms with E-state index < -0.39 is 0 Å². The van der Waals surface area contributed by atoms with E-state index in [4.69, 9.17) is 15.2 Å². The molecule has 0 spiro atoms. The summed E-state index contributed by atoms with van der Waals surface area (Å²) in [5.41, 5.74) is 8.99. The highest BCUT2D eigenvalue weighted by atomic mass is 16.5. The van der Waals surface area contributed by atoms with Crippen molar-refractivity contribution in [2.24, 2.45) is 0 Å². The highest BCUT2D eigenvalue weighted by Gasteiger charge is 2.14. The summed E-state index contributed by atoms with van der Waals surface area (Å²) in [6.45, 7) is 4.44. The molecule has 7 nitrogen and oxygen atoms in total. The van der Waals surface area contributed by atoms with Gasteiger partial charge in [-0.05, 0) is 19.9 Å². The molecule has 0 amide bonds. The van der Waals surface area contributed by atoms with E-state index in [1.807, 2.05) is 19.9 Å². The molecular formula is C15H21N5O2. The van der Waals surface area contributed by atoms with Crippen LogP contribution < -0.4 is 15.8 Å². The molecule has 0 aliphatic heterocycles. The van der Waals surface area contributed by atoms with E-state index in [0.29, 0.717) is 29.7 Å². The lowest BCUT2D eigenvalue weighted by molar-refractivity contribution is 0.190. The van der Waals surface area contributed by atoms with Crippen LogP contribution in [-0.4, -0.2) is 41.8 Å². The topological polar surface area (TPSA) is 95.2 Å². The molecule has 3 N–H and O–H groups in total. The van der Waals surface area contributed by atoms with Gasteiger partial charge in [-0.2, -0.15) is 0 Å². The second kappa shape index (κ2) is 7.04. The van der Waals surface area contributed by atoms with E-state index >= 15 is 0 Å². The fraction of sp³-hybridized carbons (Fsp3) is 0.400. The summed E-state index contributed by atoms with van der Waals surface area (Å²) < 4.78 is 10.2. The molecule has 0 bridgehead atoms. The minimum absolute atomic E-state index is 0.0881. The number of methoxy groups -OCH3 is 2. The largest absolute Gasteiger partial charge is 0.481 e. The van der Waals surface area contributed by atoms with Crippen molar-refractivity contribution in [1.82, 2.24) is 15.0 Å². The number of nitrogens with zero attached hydrogens (tertiary/aromatic N) is 3. The van der Waals surface area contributed by atoms with Crippen LogP contribution in [-0.2, 0) is 4.74 Å². The lowest BCUT2D eigenvalue weighted by atomic mass is 10.1. The molecule has 1 atom stereocenters. The van der Waals surface area contributed by atoms with Crippen LogP contribution >= 0.6 is 0 Å². The van der Waals surface area contributed by atoms with E-state index in [9.17, 15) is 0 Å². The average Bonchev–Trinajstić information content (AvgIpc) is 2.50. The molecule has 0 aliphatic carbocycles. The summed E-state index contributed by atoms with van der Waals surface area (Å²) in [6.07, 6.45) is 1.48. The minimum Gasteiger partial charge on any atom is -0.481 e. The quantitative estimate of drug-likeness (QED) is 0.841. The zero-order valence-corrected chi connectivity index (χ0v) is 13.3. The summed E-state index contributed by atoms with van der Waals surface area (Å²) in [4.78, 5) is 12.8. The highest BCUT2D eigenvalue weighted by Crippen LogP contribution is 2.30. The van der Waals surface area contributed by atoms with Crippen LogP contribution in [0.3, 0.4) is 0 Å². The molecule has 2 aromatic rings. The van der Waals surface area contributed by atoms with Gasteiger partial charge in [0.25, 0.3) is 0 Å². The third-order valence-electron chi connectivity index (χ3n) is 3.21. The molecule has 0 saturated carbocycles. The average molecular weight is 303 g/mol. The van der Waals surface area contributed by atoms with Gasteiger partial charge in [-0.1, -0.05) is 0 Å². The maximum absolute atomic E-state index is 6.21. The van der Waals surface area contributed by atoms with Gasteiger partial charge in [0.2, 0.25) is 5.88 Å². The van der Waals surface area contributed by atoms with Crippen molar-refractivity contribution in [3.63, 3.8) is 0 Å². The summed E-state index contributed by atoms with van der Waals surface area (Å²) in [5.74, 6) is 1.14. The fourth-order valence-electron chi connectivity index (χ4n) is 2.15. The molecule has 2 aromatic heterocycles. The number of pyridine rings is 1. The smallest absolute Gasteiger partial charge is 0.213 e. The van der Waals surface area contributed by atoms with Gasteiger partial charge < -0.3 is 20.5 Å². The first-order chi connectivity index (χ1) is 10.6. The monoisotopic (exact) mass is 303 g/mol. The SMILES string of the molecule is COCC(C)Nc1ncnc(-c2ccc(OC)nc2C)c1N. The van der Waals surface area contributed by atoms with Gasteiger partial charge >= 0.3 is 0 Å². The minimum atomic E-state index is 0.0881. The number of aromatic nitrogens is 3. The molecule has 0 aromatic carbocycles. The third kappa shape index (κ3) is 3.43. The van der Waals surface area contributed by atoms with Gasteiger partial charge in [0.05, 0.1) is 19.4 Å². The molecule has 118 valence electrons. The molecule has 0 radical (unpaired) electrons. The molecule has 22 heavy (non-hydrogen) atoms. The molecule has 7 heteroatoms. The van der Waals surface area contributed by atoms with Crippen molar-refractivity contribution in [2.75, 3.05) is 31.9 Å². The van der Waals surface area contributed by atoms with Crippen LogP contribution in [0.4, 0.5) is 11.5 Å². The lowest BCUT2D eigenvalue weighted by Gasteiger charge is -2.16. The van der Waals surface area contributed by atoms with Crippen LogP contribution in [0.1, 0.15) is 12.6 Å². The predicted molar refractivity (Wildman–Crippen MR) is 85.9 cm³/mol. The highest BCUT2D eigenvalue weighted by molar-refractivity contribution is 5.81. The first-order valence-corrected chi connectivity index (χ1v) is 6.94. The molecule has 0 fully saturated rings. The predicted octanol–water partition coefficient (Wildman–Crippen LogP) is 1.88. The van der Waals surface area contributed by atoms with E-state index in [1.165, 1.54) is 6.33 Å². The Labute approximate surface area is 129 Å². The van der Waals surface area contributed by atoms with Gasteiger partial charge in [-0.25, -0.2) is 15.0 Å². The third-order valence-corrected chi connectivity index (χ3v) is 3.21. The first kappa shape index (κ1) is 16.0. The standard InChI is InChI=1S/C15H21N5O2/c1-9(7-21-3)19-15-13(16)14(17-8-18-15)11-5-6-12(22-4)20-10(11)2/h5-6,8-9H,7,16H2,1-4H3,(H,17,18,19). The summed E-state index contributed by atoms with van der Waals surface area (Å²) in [6, 6.07) is 3.76. The van der Waals surface area contributed by atoms with Crippen molar-refractivity contribution < 1.29 is 9.47 Å². The Morgan fingerprint density at radius 1 is 1.27 bits per heavy atom. The fourth-order valence-corrected chi connectivity index (χ4v) is 2.15. The van der Waals surface area contributed by atoms with Crippen molar-refractivity contribution in [1.29, 1.82) is 0 Å². The van der Waals surface area contributed by atoms with E-state index in [2.05, 4.69) is 20.3 Å². The Morgan fingerprint density at radius 3 is 2.68 bits per heavy atom. The summed E-state index contributed by atoms with van der Waals surface area (Å²) >= 11 is 0. The number of nitrogens with one attached hydrogen (secondary N) is 1. The Hall–Kier alpha value is -2.41. The first-order valence-electron chi connectivity index (χ1n) is 6.94. The number of nitrogens with two attached hydrogens (primary N) is 1. The van der Waals surface area contributed by atoms with Crippen LogP contribution in [0.5, 0.6) is 5.88 Å². The Balaban J connectivity index is 2.36. The van der Waals surface area contributed by atoms with E-state index in [1.54, 1.807) is 20.3 Å². The van der Waals surface area contributed by atoms with Crippen LogP contribution in [0.25, 0.3) is 11.3 Å².